The molecule has 0 bridgehead atoms. The van der Waals surface area contributed by atoms with Crippen LogP contribution in [-0.4, -0.2) is 78.2 Å². The first-order chi connectivity index (χ1) is 20.4. The Kier molecular flexibility index (Phi) is 9.58. The summed E-state index contributed by atoms with van der Waals surface area (Å²) in [6, 6.07) is 0. The van der Waals surface area contributed by atoms with Crippen molar-refractivity contribution in [2.75, 3.05) is 0 Å². The van der Waals surface area contributed by atoms with E-state index in [-0.39, 0.29) is 28.6 Å². The summed E-state index contributed by atoms with van der Waals surface area (Å²) in [6.45, 7) is 17.6. The molecule has 4 rings (SSSR count). The predicted octanol–water partition coefficient (Wildman–Crippen LogP) is 4.75. The van der Waals surface area contributed by atoms with E-state index in [1.807, 2.05) is 13.8 Å². The van der Waals surface area contributed by atoms with Gasteiger partial charge in [0.2, 0.25) is 0 Å². The van der Waals surface area contributed by atoms with Crippen LogP contribution in [0.2, 0.25) is 0 Å². The van der Waals surface area contributed by atoms with Crippen LogP contribution in [-0.2, 0) is 14.3 Å². The van der Waals surface area contributed by atoms with Crippen LogP contribution in [0.5, 0.6) is 0 Å². The van der Waals surface area contributed by atoms with E-state index >= 15 is 0 Å². The van der Waals surface area contributed by atoms with Gasteiger partial charge in [0.05, 0.1) is 42.4 Å². The second-order valence-corrected chi connectivity index (χ2v) is 17.4. The Balaban J connectivity index is 1.64. The average Bonchev–Trinajstić information content (AvgIpc) is 3.17. The van der Waals surface area contributed by atoms with E-state index in [1.54, 1.807) is 13.8 Å². The lowest BCUT2D eigenvalue weighted by molar-refractivity contribution is -0.193. The van der Waals surface area contributed by atoms with Gasteiger partial charge in [-0.2, -0.15) is 0 Å². The number of aliphatic hydroxyl groups excluding tert-OH is 3. The third-order valence-electron chi connectivity index (χ3n) is 13.6. The summed E-state index contributed by atoms with van der Waals surface area (Å²) in [5.41, 5.74) is -1.91. The number of carbonyl (C=O) groups is 2. The maximum absolute atomic E-state index is 13.0. The minimum absolute atomic E-state index is 0.100. The van der Waals surface area contributed by atoms with Gasteiger partial charge in [-0.15, -0.1) is 0 Å². The Labute approximate surface area is 269 Å². The zero-order valence-electron chi connectivity index (χ0n) is 29.0. The molecule has 4 aliphatic carbocycles. The van der Waals surface area contributed by atoms with Gasteiger partial charge in [0.25, 0.3) is 0 Å². The van der Waals surface area contributed by atoms with Crippen molar-refractivity contribution in [3.05, 3.63) is 11.1 Å². The van der Waals surface area contributed by atoms with Gasteiger partial charge in [0.1, 0.15) is 6.10 Å². The van der Waals surface area contributed by atoms with Crippen LogP contribution in [0, 0.1) is 39.4 Å². The number of carbonyl (C=O) groups excluding carboxylic acids is 1. The summed E-state index contributed by atoms with van der Waals surface area (Å²) < 4.78 is 5.86. The Morgan fingerprint density at radius 1 is 0.978 bits per heavy atom. The summed E-state index contributed by atoms with van der Waals surface area (Å²) in [5.74, 6) is -1.34. The fraction of sp³-hybridized carbons (Fsp3) is 0.889. The topological polar surface area (TPSA) is 165 Å². The minimum Gasteiger partial charge on any atom is -0.481 e. The smallest absolute Gasteiger partial charge is 0.309 e. The SMILES string of the molecule is C[C@@H](CC[C@H](O)C(C)(C)O)[C@@H]1CC[C@@]2(C)C3=C(C[C@@H](O)[C@]12C)[C@@]1(C)C[C@H](OC(=O)C[C@](C)(O)CC(=O)O)[C@H](O)C(C)(C)[C@@H]1CC3. The molecule has 6 N–H and O–H groups in total. The third-order valence-corrected chi connectivity index (χ3v) is 13.6. The fourth-order valence-corrected chi connectivity index (χ4v) is 10.7. The molecule has 0 aromatic carbocycles. The molecule has 9 heteroatoms. The molecule has 9 nitrogen and oxygen atoms in total. The molecular weight excluding hydrogens is 576 g/mol. The molecule has 2 fully saturated rings. The molecule has 258 valence electrons. The van der Waals surface area contributed by atoms with Crippen LogP contribution >= 0.6 is 0 Å². The quantitative estimate of drug-likeness (QED) is 0.147. The molecule has 45 heavy (non-hydrogen) atoms. The van der Waals surface area contributed by atoms with Crippen molar-refractivity contribution in [1.29, 1.82) is 0 Å². The highest BCUT2D eigenvalue weighted by atomic mass is 16.6. The van der Waals surface area contributed by atoms with Crippen molar-refractivity contribution >= 4 is 11.9 Å². The molecule has 4 aliphatic rings. The molecule has 11 atom stereocenters. The Bertz CT molecular complexity index is 1180. The zero-order chi connectivity index (χ0) is 34.1. The maximum atomic E-state index is 13.0. The van der Waals surface area contributed by atoms with Crippen molar-refractivity contribution in [3.63, 3.8) is 0 Å². The van der Waals surface area contributed by atoms with Gasteiger partial charge in [-0.25, -0.2) is 0 Å². The number of rotatable bonds is 10. The van der Waals surface area contributed by atoms with Gasteiger partial charge >= 0.3 is 11.9 Å². The number of allylic oxidation sites excluding steroid dienone is 1. The molecule has 0 heterocycles. The summed E-state index contributed by atoms with van der Waals surface area (Å²) in [4.78, 5) is 24.2. The predicted molar refractivity (Wildman–Crippen MR) is 170 cm³/mol. The lowest BCUT2D eigenvalue weighted by Gasteiger charge is -2.64. The van der Waals surface area contributed by atoms with Crippen LogP contribution in [0.25, 0.3) is 0 Å². The van der Waals surface area contributed by atoms with E-state index in [1.165, 1.54) is 18.1 Å². The number of carboxylic acids is 1. The number of fused-ring (bicyclic) bond motifs is 4. The van der Waals surface area contributed by atoms with E-state index in [4.69, 9.17) is 9.84 Å². The van der Waals surface area contributed by atoms with Crippen LogP contribution in [0.4, 0.5) is 0 Å². The summed E-state index contributed by atoms with van der Waals surface area (Å²) in [5, 5.41) is 64.0. The molecule has 2 saturated carbocycles. The zero-order valence-corrected chi connectivity index (χ0v) is 29.0. The second-order valence-electron chi connectivity index (χ2n) is 17.4. The average molecular weight is 637 g/mol. The van der Waals surface area contributed by atoms with E-state index in [0.29, 0.717) is 19.3 Å². The number of esters is 1. The van der Waals surface area contributed by atoms with Gasteiger partial charge in [-0.05, 0) is 106 Å². The number of aliphatic carboxylic acids is 1. The standard InChI is InChI=1S/C36H60O9/c1-20(10-13-26(37)32(4,5)43)21-14-15-35(8)22-11-12-25-31(2,3)30(42)24(45-29(41)19-33(6,44)18-28(39)40)17-34(25,7)23(22)16-27(38)36(21,35)9/h20-21,24-27,30,37-38,42-44H,10-19H2,1-9H3,(H,39,40)/t20-,21-,24-,25-,26-,27+,30-,33+,34+,35-,36-/m0/s1. The van der Waals surface area contributed by atoms with Gasteiger partial charge in [-0.1, -0.05) is 52.7 Å². The monoisotopic (exact) mass is 636 g/mol. The van der Waals surface area contributed by atoms with Crippen molar-refractivity contribution in [2.45, 2.75) is 162 Å². The first kappa shape index (κ1) is 36.3. The van der Waals surface area contributed by atoms with Crippen molar-refractivity contribution in [2.24, 2.45) is 39.4 Å². The summed E-state index contributed by atoms with van der Waals surface area (Å²) in [6.07, 6.45) is 1.63. The van der Waals surface area contributed by atoms with Crippen LogP contribution in [0.15, 0.2) is 11.1 Å². The molecule has 0 amide bonds. The highest BCUT2D eigenvalue weighted by molar-refractivity contribution is 5.74. The highest BCUT2D eigenvalue weighted by Crippen LogP contribution is 2.72. The Morgan fingerprint density at radius 3 is 2.18 bits per heavy atom. The van der Waals surface area contributed by atoms with Crippen molar-refractivity contribution < 1.29 is 45.0 Å². The fourth-order valence-electron chi connectivity index (χ4n) is 10.7. The summed E-state index contributed by atoms with van der Waals surface area (Å²) >= 11 is 0. The lowest BCUT2D eigenvalue weighted by atomic mass is 9.42. The molecule has 0 unspecified atom stereocenters. The molecule has 0 aliphatic heterocycles. The van der Waals surface area contributed by atoms with Gasteiger partial charge < -0.3 is 35.4 Å². The Hall–Kier alpha value is -1.52. The van der Waals surface area contributed by atoms with E-state index in [0.717, 1.165) is 32.1 Å². The first-order valence-corrected chi connectivity index (χ1v) is 17.0. The first-order valence-electron chi connectivity index (χ1n) is 17.0. The molecule has 0 saturated heterocycles. The van der Waals surface area contributed by atoms with Gasteiger partial charge in [0.15, 0.2) is 0 Å². The molecular formula is C36H60O9. The maximum Gasteiger partial charge on any atom is 0.309 e. The van der Waals surface area contributed by atoms with E-state index < -0.39 is 71.2 Å². The Morgan fingerprint density at radius 2 is 1.60 bits per heavy atom. The van der Waals surface area contributed by atoms with Crippen molar-refractivity contribution in [3.8, 4) is 0 Å². The highest BCUT2D eigenvalue weighted by Gasteiger charge is 2.67. The summed E-state index contributed by atoms with van der Waals surface area (Å²) in [7, 11) is 0. The van der Waals surface area contributed by atoms with Gasteiger partial charge in [0, 0.05) is 5.41 Å². The third kappa shape index (κ3) is 6.14. The van der Waals surface area contributed by atoms with Crippen molar-refractivity contribution in [1.82, 2.24) is 0 Å². The molecule has 0 spiro atoms. The number of carboxylic acid groups (broad SMARTS) is 1. The van der Waals surface area contributed by atoms with E-state index in [2.05, 4.69) is 27.7 Å². The number of ether oxygens (including phenoxy) is 1. The van der Waals surface area contributed by atoms with Gasteiger partial charge in [-0.3, -0.25) is 9.59 Å². The number of hydrogen-bond acceptors (Lipinski definition) is 8. The minimum atomic E-state index is -1.76. The van der Waals surface area contributed by atoms with Crippen LogP contribution in [0.3, 0.4) is 0 Å². The number of aliphatic hydroxyl groups is 5. The largest absolute Gasteiger partial charge is 0.481 e. The molecule has 0 aromatic rings. The molecule has 0 radical (unpaired) electrons. The van der Waals surface area contributed by atoms with E-state index in [9.17, 15) is 35.1 Å². The number of hydrogen-bond donors (Lipinski definition) is 6. The van der Waals surface area contributed by atoms with Crippen LogP contribution < -0.4 is 0 Å². The lowest BCUT2D eigenvalue weighted by Crippen LogP contribution is -2.62. The normalized spacial score (nSPS) is 40.4. The van der Waals surface area contributed by atoms with Crippen LogP contribution in [0.1, 0.15) is 127 Å². The molecule has 0 aromatic heterocycles. The second kappa shape index (κ2) is 11.9.